The smallest absolute Gasteiger partial charge is 0.261 e. The van der Waals surface area contributed by atoms with Crippen LogP contribution in [0.1, 0.15) is 31.4 Å². The number of halogens is 2. The molecule has 2 amide bonds. The van der Waals surface area contributed by atoms with Crippen molar-refractivity contribution in [2.75, 3.05) is 6.61 Å². The molecule has 0 aliphatic heterocycles. The maximum Gasteiger partial charge on any atom is 0.261 e. The summed E-state index contributed by atoms with van der Waals surface area (Å²) in [5.41, 5.74) is 1.78. The Morgan fingerprint density at radius 3 is 2.23 bits per heavy atom. The number of hydrogen-bond donors (Lipinski definition) is 1. The monoisotopic (exact) mass is 512 g/mol. The molecule has 3 aromatic carbocycles. The third-order valence-corrected chi connectivity index (χ3v) is 6.14. The van der Waals surface area contributed by atoms with Gasteiger partial charge in [0.1, 0.15) is 11.8 Å². The van der Waals surface area contributed by atoms with Crippen LogP contribution in [0.3, 0.4) is 0 Å². The highest BCUT2D eigenvalue weighted by atomic mass is 35.5. The average Bonchev–Trinajstić information content (AvgIpc) is 2.85. The van der Waals surface area contributed by atoms with Crippen molar-refractivity contribution < 1.29 is 14.3 Å². The van der Waals surface area contributed by atoms with Crippen molar-refractivity contribution in [1.82, 2.24) is 10.2 Å². The zero-order chi connectivity index (χ0) is 25.2. The van der Waals surface area contributed by atoms with Gasteiger partial charge in [-0.05, 0) is 54.8 Å². The summed E-state index contributed by atoms with van der Waals surface area (Å²) in [6.45, 7) is 3.93. The van der Waals surface area contributed by atoms with Crippen LogP contribution in [0, 0.1) is 0 Å². The van der Waals surface area contributed by atoms with Crippen LogP contribution in [0.25, 0.3) is 0 Å². The molecule has 0 bridgehead atoms. The molecule has 3 aromatic rings. The molecule has 2 atom stereocenters. The predicted octanol–water partition coefficient (Wildman–Crippen LogP) is 5.93. The molecular formula is C28H30Cl2N2O3. The maximum absolute atomic E-state index is 13.5. The van der Waals surface area contributed by atoms with Gasteiger partial charge in [0, 0.05) is 29.1 Å². The van der Waals surface area contributed by atoms with Crippen LogP contribution in [0.4, 0.5) is 0 Å². The summed E-state index contributed by atoms with van der Waals surface area (Å²) in [7, 11) is 0. The molecule has 5 nitrogen and oxygen atoms in total. The molecule has 0 heterocycles. The number of amides is 2. The highest BCUT2D eigenvalue weighted by molar-refractivity contribution is 6.30. The summed E-state index contributed by atoms with van der Waals surface area (Å²) in [6.07, 6.45) is 1.15. The van der Waals surface area contributed by atoms with E-state index in [4.69, 9.17) is 27.9 Å². The first-order chi connectivity index (χ1) is 16.9. The molecule has 0 saturated heterocycles. The molecule has 35 heavy (non-hydrogen) atoms. The predicted molar refractivity (Wildman–Crippen MR) is 141 cm³/mol. The molecule has 0 saturated carbocycles. The van der Waals surface area contributed by atoms with Crippen molar-refractivity contribution in [2.24, 2.45) is 0 Å². The number of hydrogen-bond acceptors (Lipinski definition) is 3. The van der Waals surface area contributed by atoms with Crippen LogP contribution in [-0.2, 0) is 22.6 Å². The summed E-state index contributed by atoms with van der Waals surface area (Å²) >= 11 is 12.3. The number of nitrogens with zero attached hydrogens (tertiary/aromatic N) is 1. The molecule has 3 rings (SSSR count). The third kappa shape index (κ3) is 8.30. The Hall–Kier alpha value is -3.02. The Morgan fingerprint density at radius 2 is 1.57 bits per heavy atom. The van der Waals surface area contributed by atoms with Gasteiger partial charge in [-0.2, -0.15) is 0 Å². The van der Waals surface area contributed by atoms with E-state index >= 15 is 0 Å². The highest BCUT2D eigenvalue weighted by Gasteiger charge is 2.31. The van der Waals surface area contributed by atoms with Crippen molar-refractivity contribution in [1.29, 1.82) is 0 Å². The van der Waals surface area contributed by atoms with Gasteiger partial charge in [-0.3, -0.25) is 9.59 Å². The van der Waals surface area contributed by atoms with Gasteiger partial charge in [0.05, 0.1) is 0 Å². The lowest BCUT2D eigenvalue weighted by Crippen LogP contribution is -2.53. The van der Waals surface area contributed by atoms with Crippen LogP contribution in [0.15, 0.2) is 78.9 Å². The van der Waals surface area contributed by atoms with E-state index in [1.165, 1.54) is 0 Å². The maximum atomic E-state index is 13.5. The van der Waals surface area contributed by atoms with Crippen LogP contribution in [0.2, 0.25) is 10.0 Å². The van der Waals surface area contributed by atoms with Gasteiger partial charge >= 0.3 is 0 Å². The van der Waals surface area contributed by atoms with Crippen molar-refractivity contribution in [3.8, 4) is 5.75 Å². The zero-order valence-corrected chi connectivity index (χ0v) is 21.4. The first kappa shape index (κ1) is 26.6. The van der Waals surface area contributed by atoms with Crippen molar-refractivity contribution in [3.63, 3.8) is 0 Å². The highest BCUT2D eigenvalue weighted by Crippen LogP contribution is 2.20. The van der Waals surface area contributed by atoms with Crippen LogP contribution >= 0.6 is 23.2 Å². The van der Waals surface area contributed by atoms with E-state index in [1.807, 2.05) is 56.3 Å². The molecular weight excluding hydrogens is 483 g/mol. The zero-order valence-electron chi connectivity index (χ0n) is 19.9. The third-order valence-electron chi connectivity index (χ3n) is 5.67. The fraction of sp³-hybridized carbons (Fsp3) is 0.286. The first-order valence-electron chi connectivity index (χ1n) is 11.6. The van der Waals surface area contributed by atoms with Crippen LogP contribution < -0.4 is 10.1 Å². The topological polar surface area (TPSA) is 58.6 Å². The number of rotatable bonds is 11. The van der Waals surface area contributed by atoms with E-state index in [0.717, 1.165) is 17.5 Å². The normalized spacial score (nSPS) is 12.5. The SMILES string of the molecule is CC[C@@H](C)NC(=O)[C@@H](Cc1ccccc1)N(Cc1cccc(Cl)c1)C(=O)COc1cccc(Cl)c1. The number of ether oxygens (including phenoxy) is 1. The lowest BCUT2D eigenvalue weighted by Gasteiger charge is -2.32. The summed E-state index contributed by atoms with van der Waals surface area (Å²) in [6, 6.07) is 23.1. The summed E-state index contributed by atoms with van der Waals surface area (Å²) in [5.74, 6) is -0.0382. The summed E-state index contributed by atoms with van der Waals surface area (Å²) in [4.78, 5) is 28.6. The van der Waals surface area contributed by atoms with E-state index in [0.29, 0.717) is 22.2 Å². The number of carbonyl (C=O) groups excluding carboxylic acids is 2. The van der Waals surface area contributed by atoms with Crippen LogP contribution in [-0.4, -0.2) is 35.4 Å². The quantitative estimate of drug-likeness (QED) is 0.346. The molecule has 184 valence electrons. The fourth-order valence-electron chi connectivity index (χ4n) is 3.61. The minimum Gasteiger partial charge on any atom is -0.484 e. The van der Waals surface area contributed by atoms with Gasteiger partial charge in [0.25, 0.3) is 5.91 Å². The lowest BCUT2D eigenvalue weighted by molar-refractivity contribution is -0.143. The van der Waals surface area contributed by atoms with E-state index < -0.39 is 6.04 Å². The second-order valence-electron chi connectivity index (χ2n) is 8.42. The van der Waals surface area contributed by atoms with Gasteiger partial charge in [0.2, 0.25) is 5.91 Å². The van der Waals surface area contributed by atoms with Gasteiger partial charge in [-0.25, -0.2) is 0 Å². The molecule has 0 aliphatic rings. The molecule has 0 fully saturated rings. The number of benzene rings is 3. The molecule has 0 spiro atoms. The van der Waals surface area contributed by atoms with Gasteiger partial charge in [0.15, 0.2) is 6.61 Å². The van der Waals surface area contributed by atoms with E-state index in [-0.39, 0.29) is 31.0 Å². The van der Waals surface area contributed by atoms with Gasteiger partial charge in [-0.15, -0.1) is 0 Å². The Labute approximate surface area is 217 Å². The van der Waals surface area contributed by atoms with Crippen molar-refractivity contribution in [3.05, 3.63) is 100 Å². The standard InChI is InChI=1S/C28H30Cl2N2O3/c1-3-20(2)31-28(34)26(16-21-9-5-4-6-10-21)32(18-22-11-7-12-23(29)15-22)27(33)19-35-25-14-8-13-24(30)17-25/h4-15,17,20,26H,3,16,18-19H2,1-2H3,(H,31,34)/t20-,26-/m1/s1. The Kier molecular flexibility index (Phi) is 10.0. The van der Waals surface area contributed by atoms with Crippen LogP contribution in [0.5, 0.6) is 5.75 Å². The molecule has 0 radical (unpaired) electrons. The molecule has 7 heteroatoms. The van der Waals surface area contributed by atoms with E-state index in [1.54, 1.807) is 41.3 Å². The Bertz CT molecular complexity index is 1120. The summed E-state index contributed by atoms with van der Waals surface area (Å²) < 4.78 is 5.74. The first-order valence-corrected chi connectivity index (χ1v) is 12.4. The second-order valence-corrected chi connectivity index (χ2v) is 9.29. The number of carbonyl (C=O) groups is 2. The fourth-order valence-corrected chi connectivity index (χ4v) is 4.01. The van der Waals surface area contributed by atoms with Crippen molar-refractivity contribution in [2.45, 2.75) is 45.3 Å². The van der Waals surface area contributed by atoms with Crippen molar-refractivity contribution >= 4 is 35.0 Å². The van der Waals surface area contributed by atoms with E-state index in [2.05, 4.69) is 5.32 Å². The van der Waals surface area contributed by atoms with E-state index in [9.17, 15) is 9.59 Å². The minimum absolute atomic E-state index is 0.0217. The molecule has 0 aliphatic carbocycles. The van der Waals surface area contributed by atoms with Gasteiger partial charge < -0.3 is 15.0 Å². The lowest BCUT2D eigenvalue weighted by atomic mass is 10.0. The molecule has 0 aromatic heterocycles. The largest absolute Gasteiger partial charge is 0.484 e. The number of nitrogens with one attached hydrogen (secondary N) is 1. The summed E-state index contributed by atoms with van der Waals surface area (Å²) in [5, 5.41) is 4.12. The Balaban J connectivity index is 1.91. The molecule has 0 unspecified atom stereocenters. The van der Waals surface area contributed by atoms with Gasteiger partial charge in [-0.1, -0.05) is 78.7 Å². The second kappa shape index (κ2) is 13.2. The molecule has 1 N–H and O–H groups in total. The average molecular weight is 513 g/mol. The Morgan fingerprint density at radius 1 is 0.914 bits per heavy atom. The minimum atomic E-state index is -0.735.